The second-order valence-corrected chi connectivity index (χ2v) is 12.5. The quantitative estimate of drug-likeness (QED) is 0.422. The molecule has 228 valence electrons. The van der Waals surface area contributed by atoms with Gasteiger partial charge in [0, 0.05) is 25.8 Å². The van der Waals surface area contributed by atoms with Gasteiger partial charge in [-0.25, -0.2) is 0 Å². The van der Waals surface area contributed by atoms with Crippen LogP contribution in [0.4, 0.5) is 5.69 Å². The zero-order chi connectivity index (χ0) is 31.3. The molecule has 1 N–H and O–H groups in total. The molecule has 0 radical (unpaired) electrons. The number of carbonyl (C=O) groups is 3. The van der Waals surface area contributed by atoms with Crippen LogP contribution in [0.2, 0.25) is 0 Å². The topological polar surface area (TPSA) is 90.4 Å². The van der Waals surface area contributed by atoms with Crippen molar-refractivity contribution in [1.82, 2.24) is 9.80 Å². The van der Waals surface area contributed by atoms with Crippen molar-refractivity contribution in [3.8, 4) is 0 Å². The van der Waals surface area contributed by atoms with Gasteiger partial charge in [-0.2, -0.15) is 0 Å². The molecule has 3 aliphatic heterocycles. The van der Waals surface area contributed by atoms with E-state index in [-0.39, 0.29) is 30.2 Å². The molecule has 3 unspecified atom stereocenters. The Morgan fingerprint density at radius 1 is 1.07 bits per heavy atom. The third-order valence-corrected chi connectivity index (χ3v) is 10.0. The van der Waals surface area contributed by atoms with Crippen LogP contribution < -0.4 is 4.90 Å². The Kier molecular flexibility index (Phi) is 8.13. The maximum atomic E-state index is 15.1. The Balaban J connectivity index is 1.72. The monoisotopic (exact) mass is 585 g/mol. The van der Waals surface area contributed by atoms with Gasteiger partial charge in [0.1, 0.15) is 11.6 Å². The lowest BCUT2D eigenvalue weighted by Crippen LogP contribution is -2.58. The highest BCUT2D eigenvalue weighted by atomic mass is 16.5. The number of aliphatic hydroxyl groups excluding tert-OH is 1. The van der Waals surface area contributed by atoms with Crippen molar-refractivity contribution < 1.29 is 24.2 Å². The molecule has 8 heteroatoms. The number of hydrogen-bond acceptors (Lipinski definition) is 5. The third kappa shape index (κ3) is 4.54. The molecule has 2 bridgehead atoms. The molecule has 3 amide bonds. The van der Waals surface area contributed by atoms with Gasteiger partial charge in [-0.3, -0.25) is 14.4 Å². The smallest absolute Gasteiger partial charge is 0.253 e. The molecule has 0 aliphatic carbocycles. The molecule has 3 aliphatic rings. The lowest BCUT2D eigenvalue weighted by Gasteiger charge is -2.40. The molecule has 3 heterocycles. The lowest BCUT2D eigenvalue weighted by atomic mass is 9.62. The lowest BCUT2D eigenvalue weighted by molar-refractivity contribution is -0.153. The Labute approximate surface area is 254 Å². The van der Waals surface area contributed by atoms with Crippen LogP contribution in [-0.4, -0.2) is 76.6 Å². The summed E-state index contributed by atoms with van der Waals surface area (Å²) in [6, 6.07) is 13.2. The Bertz CT molecular complexity index is 1420. The Hall–Kier alpha value is -3.75. The predicted molar refractivity (Wildman–Crippen MR) is 166 cm³/mol. The molecule has 1 spiro atoms. The van der Waals surface area contributed by atoms with Gasteiger partial charge >= 0.3 is 0 Å². The van der Waals surface area contributed by atoms with Gasteiger partial charge in [0.25, 0.3) is 5.91 Å². The van der Waals surface area contributed by atoms with Crippen molar-refractivity contribution in [2.45, 2.75) is 57.4 Å². The number of ether oxygens (including phenoxy) is 1. The SMILES string of the molecule is C=CCN(C)C(=O)[C@@H]1[C@H]2C(=O)N([C@H](CO)c3ccccc3)C(C(=O)N(CC=C)c3c(C)cccc3C)C23CC(C)[C@@]1(C)O3. The van der Waals surface area contributed by atoms with E-state index in [0.29, 0.717) is 18.5 Å². The van der Waals surface area contributed by atoms with Crippen LogP contribution in [0.5, 0.6) is 0 Å². The number of fused-ring (bicyclic) bond motifs is 1. The molecule has 2 aromatic carbocycles. The van der Waals surface area contributed by atoms with Crippen molar-refractivity contribution in [2.75, 3.05) is 31.6 Å². The maximum absolute atomic E-state index is 15.1. The van der Waals surface area contributed by atoms with E-state index in [1.54, 1.807) is 29.0 Å². The summed E-state index contributed by atoms with van der Waals surface area (Å²) in [7, 11) is 1.70. The standard InChI is InChI=1S/C35H43N3O5/c1-8-18-36(7)31(40)27-28-32(41)38(26(21-39)25-16-11-10-12-17-25)30(35(28)20-24(5)34(27,6)43-35)33(42)37(19-9-2)29-22(3)14-13-15-23(29)4/h8-17,24,26-28,30,39H,1-2,18-21H2,3-7H3/t24?,26-,27+,28+,30?,34-,35?/m1/s1. The van der Waals surface area contributed by atoms with Crippen LogP contribution in [0, 0.1) is 31.6 Å². The van der Waals surface area contributed by atoms with Gasteiger partial charge in [-0.05, 0) is 49.8 Å². The predicted octanol–water partition coefficient (Wildman–Crippen LogP) is 4.21. The molecule has 43 heavy (non-hydrogen) atoms. The van der Waals surface area contributed by atoms with E-state index in [0.717, 1.165) is 16.8 Å². The number of rotatable bonds is 10. The maximum Gasteiger partial charge on any atom is 0.253 e. The van der Waals surface area contributed by atoms with Crippen LogP contribution in [-0.2, 0) is 19.1 Å². The average molecular weight is 586 g/mol. The fraction of sp³-hybridized carbons (Fsp3) is 0.457. The molecule has 0 aromatic heterocycles. The number of likely N-dealkylation sites (tertiary alicyclic amines) is 1. The van der Waals surface area contributed by atoms with Crippen LogP contribution in [0.15, 0.2) is 73.8 Å². The van der Waals surface area contributed by atoms with Crippen molar-refractivity contribution in [3.05, 3.63) is 90.5 Å². The van der Waals surface area contributed by atoms with Crippen LogP contribution in [0.25, 0.3) is 0 Å². The number of hydrogen-bond donors (Lipinski definition) is 1. The fourth-order valence-electron chi connectivity index (χ4n) is 8.02. The summed E-state index contributed by atoms with van der Waals surface area (Å²) in [6.07, 6.45) is 3.76. The number of likely N-dealkylation sites (N-methyl/N-ethyl adjacent to an activating group) is 1. The zero-order valence-electron chi connectivity index (χ0n) is 25.8. The number of anilines is 1. The van der Waals surface area contributed by atoms with E-state index in [4.69, 9.17) is 4.74 Å². The summed E-state index contributed by atoms with van der Waals surface area (Å²) >= 11 is 0. The summed E-state index contributed by atoms with van der Waals surface area (Å²) in [4.78, 5) is 48.8. The second-order valence-electron chi connectivity index (χ2n) is 12.5. The van der Waals surface area contributed by atoms with Gasteiger partial charge < -0.3 is 24.5 Å². The van der Waals surface area contributed by atoms with E-state index < -0.39 is 41.7 Å². The Morgan fingerprint density at radius 3 is 2.28 bits per heavy atom. The summed E-state index contributed by atoms with van der Waals surface area (Å²) in [5, 5.41) is 10.8. The van der Waals surface area contributed by atoms with Gasteiger partial charge in [-0.15, -0.1) is 13.2 Å². The molecule has 3 fully saturated rings. The fourth-order valence-corrected chi connectivity index (χ4v) is 8.02. The summed E-state index contributed by atoms with van der Waals surface area (Å²) in [5.74, 6) is -2.65. The third-order valence-electron chi connectivity index (χ3n) is 10.0. The second kappa shape index (κ2) is 11.4. The van der Waals surface area contributed by atoms with E-state index >= 15 is 4.79 Å². The summed E-state index contributed by atoms with van der Waals surface area (Å²) in [6.45, 7) is 15.7. The molecular formula is C35H43N3O5. The molecule has 7 atom stereocenters. The molecule has 5 rings (SSSR count). The highest BCUT2D eigenvalue weighted by Crippen LogP contribution is 2.66. The van der Waals surface area contributed by atoms with Gasteiger partial charge in [0.15, 0.2) is 0 Å². The van der Waals surface area contributed by atoms with Crippen molar-refractivity contribution in [3.63, 3.8) is 0 Å². The zero-order valence-corrected chi connectivity index (χ0v) is 25.8. The van der Waals surface area contributed by atoms with E-state index in [1.165, 1.54) is 4.90 Å². The first-order valence-corrected chi connectivity index (χ1v) is 15.0. The summed E-state index contributed by atoms with van der Waals surface area (Å²) < 4.78 is 6.94. The van der Waals surface area contributed by atoms with Gasteiger partial charge in [0.2, 0.25) is 11.8 Å². The van der Waals surface area contributed by atoms with Crippen molar-refractivity contribution >= 4 is 23.4 Å². The van der Waals surface area contributed by atoms with Gasteiger partial charge in [-0.1, -0.05) is 67.6 Å². The van der Waals surface area contributed by atoms with Gasteiger partial charge in [0.05, 0.1) is 30.1 Å². The highest BCUT2D eigenvalue weighted by molar-refractivity contribution is 6.06. The average Bonchev–Trinajstić information content (AvgIpc) is 3.49. The van der Waals surface area contributed by atoms with Crippen LogP contribution >= 0.6 is 0 Å². The number of aryl methyl sites for hydroxylation is 2. The van der Waals surface area contributed by atoms with E-state index in [2.05, 4.69) is 13.2 Å². The molecule has 2 aromatic rings. The minimum absolute atomic E-state index is 0.102. The van der Waals surface area contributed by atoms with E-state index in [1.807, 2.05) is 76.2 Å². The highest BCUT2D eigenvalue weighted by Gasteiger charge is 2.80. The minimum atomic E-state index is -1.25. The van der Waals surface area contributed by atoms with Crippen molar-refractivity contribution in [2.24, 2.45) is 17.8 Å². The number of para-hydroxylation sites is 1. The van der Waals surface area contributed by atoms with Crippen LogP contribution in [0.3, 0.4) is 0 Å². The molecule has 3 saturated heterocycles. The summed E-state index contributed by atoms with van der Waals surface area (Å²) in [5.41, 5.74) is 1.09. The number of carbonyl (C=O) groups excluding carboxylic acids is 3. The van der Waals surface area contributed by atoms with E-state index in [9.17, 15) is 14.7 Å². The molecule has 0 saturated carbocycles. The largest absolute Gasteiger partial charge is 0.394 e. The number of amides is 3. The normalized spacial score (nSPS) is 29.7. The van der Waals surface area contributed by atoms with Crippen molar-refractivity contribution in [1.29, 1.82) is 0 Å². The number of aliphatic hydroxyl groups is 1. The number of nitrogens with zero attached hydrogens (tertiary/aromatic N) is 3. The number of benzene rings is 2. The Morgan fingerprint density at radius 2 is 1.70 bits per heavy atom. The molecular weight excluding hydrogens is 542 g/mol. The minimum Gasteiger partial charge on any atom is -0.394 e. The first-order valence-electron chi connectivity index (χ1n) is 15.0. The molecule has 8 nitrogen and oxygen atoms in total. The van der Waals surface area contributed by atoms with Crippen LogP contribution in [0.1, 0.15) is 43.0 Å². The first kappa shape index (κ1) is 30.7. The first-order chi connectivity index (χ1) is 20.5.